The van der Waals surface area contributed by atoms with Gasteiger partial charge in [0.15, 0.2) is 0 Å². The van der Waals surface area contributed by atoms with Crippen LogP contribution >= 0.6 is 0 Å². The molecule has 3 heteroatoms. The van der Waals surface area contributed by atoms with Gasteiger partial charge in [0.05, 0.1) is 18.1 Å². The number of rotatable bonds is 4. The number of fused-ring (bicyclic) bond motifs is 1. The maximum Gasteiger partial charge on any atom is 0.141 e. The minimum Gasteiger partial charge on any atom is -0.497 e. The third kappa shape index (κ3) is 2.65. The second-order valence-electron chi connectivity index (χ2n) is 5.73. The van der Waals surface area contributed by atoms with Crippen molar-refractivity contribution >= 4 is 11.0 Å². The summed E-state index contributed by atoms with van der Waals surface area (Å²) in [4.78, 5) is 4.87. The minimum absolute atomic E-state index is 0.786. The van der Waals surface area contributed by atoms with Crippen LogP contribution in [0.5, 0.6) is 5.75 Å². The van der Waals surface area contributed by atoms with E-state index in [2.05, 4.69) is 47.0 Å². The lowest BCUT2D eigenvalue weighted by molar-refractivity contribution is 0.415. The second kappa shape index (κ2) is 6.20. The molecule has 3 nitrogen and oxygen atoms in total. The van der Waals surface area contributed by atoms with E-state index in [4.69, 9.17) is 9.72 Å². The Morgan fingerprint density at radius 1 is 0.875 bits per heavy atom. The Bertz CT molecular complexity index is 959. The third-order valence-electron chi connectivity index (χ3n) is 4.17. The van der Waals surface area contributed by atoms with Gasteiger partial charge in [0.2, 0.25) is 0 Å². The molecule has 0 saturated heterocycles. The largest absolute Gasteiger partial charge is 0.497 e. The molecule has 0 aliphatic heterocycles. The predicted molar refractivity (Wildman–Crippen MR) is 97.3 cm³/mol. The van der Waals surface area contributed by atoms with Crippen LogP contribution in [0.3, 0.4) is 0 Å². The summed E-state index contributed by atoms with van der Waals surface area (Å²) in [5.41, 5.74) is 4.43. The van der Waals surface area contributed by atoms with Crippen LogP contribution in [0, 0.1) is 0 Å². The van der Waals surface area contributed by atoms with Gasteiger partial charge in [-0.25, -0.2) is 4.98 Å². The van der Waals surface area contributed by atoms with Crippen LogP contribution in [0.15, 0.2) is 78.9 Å². The summed E-state index contributed by atoms with van der Waals surface area (Å²) in [5, 5.41) is 0. The average molecular weight is 314 g/mol. The van der Waals surface area contributed by atoms with E-state index >= 15 is 0 Å². The van der Waals surface area contributed by atoms with Crippen molar-refractivity contribution in [3.05, 3.63) is 84.4 Å². The summed E-state index contributed by atoms with van der Waals surface area (Å²) < 4.78 is 7.61. The van der Waals surface area contributed by atoms with Gasteiger partial charge in [0, 0.05) is 18.2 Å². The number of benzene rings is 3. The lowest BCUT2D eigenvalue weighted by atomic mass is 10.2. The van der Waals surface area contributed by atoms with Crippen molar-refractivity contribution in [2.45, 2.75) is 6.54 Å². The van der Waals surface area contributed by atoms with E-state index < -0.39 is 0 Å². The van der Waals surface area contributed by atoms with Crippen molar-refractivity contribution in [1.29, 1.82) is 0 Å². The predicted octanol–water partition coefficient (Wildman–Crippen LogP) is 4.76. The highest BCUT2D eigenvalue weighted by Crippen LogP contribution is 2.28. The van der Waals surface area contributed by atoms with Crippen molar-refractivity contribution in [2.75, 3.05) is 7.11 Å². The molecule has 24 heavy (non-hydrogen) atoms. The molecule has 0 aliphatic carbocycles. The third-order valence-corrected chi connectivity index (χ3v) is 4.17. The zero-order valence-corrected chi connectivity index (χ0v) is 13.5. The molecule has 0 fully saturated rings. The Morgan fingerprint density at radius 3 is 2.29 bits per heavy atom. The van der Waals surface area contributed by atoms with Crippen LogP contribution in [0.1, 0.15) is 5.56 Å². The molecule has 0 N–H and O–H groups in total. The Hall–Kier alpha value is -3.07. The van der Waals surface area contributed by atoms with E-state index in [0.717, 1.165) is 34.7 Å². The van der Waals surface area contributed by atoms with E-state index in [-0.39, 0.29) is 0 Å². The molecule has 0 saturated carbocycles. The van der Waals surface area contributed by atoms with Gasteiger partial charge in [-0.2, -0.15) is 0 Å². The van der Waals surface area contributed by atoms with Crippen LogP contribution in [-0.2, 0) is 6.54 Å². The zero-order valence-electron chi connectivity index (χ0n) is 13.5. The molecule has 1 heterocycles. The summed E-state index contributed by atoms with van der Waals surface area (Å²) in [7, 11) is 1.68. The number of aromatic nitrogens is 2. The Morgan fingerprint density at radius 2 is 1.58 bits per heavy atom. The fourth-order valence-electron chi connectivity index (χ4n) is 2.97. The lowest BCUT2D eigenvalue weighted by Crippen LogP contribution is -2.02. The van der Waals surface area contributed by atoms with Crippen molar-refractivity contribution in [3.63, 3.8) is 0 Å². The smallest absolute Gasteiger partial charge is 0.141 e. The van der Waals surface area contributed by atoms with Crippen LogP contribution in [-0.4, -0.2) is 16.7 Å². The van der Waals surface area contributed by atoms with E-state index in [1.165, 1.54) is 5.56 Å². The van der Waals surface area contributed by atoms with Gasteiger partial charge < -0.3 is 9.30 Å². The first kappa shape index (κ1) is 14.5. The van der Waals surface area contributed by atoms with Crippen molar-refractivity contribution < 1.29 is 4.74 Å². The quantitative estimate of drug-likeness (QED) is 0.543. The standard InChI is InChI=1S/C21H18N2O/c1-24-18-12-13-20-19(14-18)22-21(17-10-6-3-7-11-17)23(20)15-16-8-4-2-5-9-16/h2-14H,15H2,1H3. The monoisotopic (exact) mass is 314 g/mol. The number of ether oxygens (including phenoxy) is 1. The minimum atomic E-state index is 0.786. The molecular formula is C21H18N2O. The van der Waals surface area contributed by atoms with Crippen molar-refractivity contribution in [1.82, 2.24) is 9.55 Å². The van der Waals surface area contributed by atoms with Gasteiger partial charge in [0.1, 0.15) is 11.6 Å². The summed E-state index contributed by atoms with van der Waals surface area (Å²) in [6, 6.07) is 26.8. The van der Waals surface area contributed by atoms with E-state index in [1.807, 2.05) is 36.4 Å². The molecule has 0 bridgehead atoms. The van der Waals surface area contributed by atoms with Gasteiger partial charge in [-0.1, -0.05) is 60.7 Å². The van der Waals surface area contributed by atoms with E-state index in [1.54, 1.807) is 7.11 Å². The van der Waals surface area contributed by atoms with Crippen molar-refractivity contribution in [2.24, 2.45) is 0 Å². The van der Waals surface area contributed by atoms with Gasteiger partial charge >= 0.3 is 0 Å². The first-order chi connectivity index (χ1) is 11.8. The molecule has 3 aromatic carbocycles. The van der Waals surface area contributed by atoms with Crippen LogP contribution in [0.2, 0.25) is 0 Å². The molecule has 0 unspecified atom stereocenters. The van der Waals surface area contributed by atoms with Crippen LogP contribution < -0.4 is 4.74 Å². The Labute approximate surface area is 141 Å². The second-order valence-corrected chi connectivity index (χ2v) is 5.73. The summed E-state index contributed by atoms with van der Waals surface area (Å²) in [6.45, 7) is 0.786. The number of hydrogen-bond acceptors (Lipinski definition) is 2. The SMILES string of the molecule is COc1ccc2c(c1)nc(-c1ccccc1)n2Cc1ccccc1. The molecule has 0 spiro atoms. The Balaban J connectivity index is 1.91. The van der Waals surface area contributed by atoms with Crippen LogP contribution in [0.25, 0.3) is 22.4 Å². The first-order valence-electron chi connectivity index (χ1n) is 7.99. The maximum absolute atomic E-state index is 5.35. The van der Waals surface area contributed by atoms with Gasteiger partial charge in [0.25, 0.3) is 0 Å². The van der Waals surface area contributed by atoms with Gasteiger partial charge in [-0.15, -0.1) is 0 Å². The fraction of sp³-hybridized carbons (Fsp3) is 0.0952. The number of methoxy groups -OCH3 is 1. The number of imidazole rings is 1. The highest BCUT2D eigenvalue weighted by Gasteiger charge is 2.13. The fourth-order valence-corrected chi connectivity index (χ4v) is 2.97. The van der Waals surface area contributed by atoms with E-state index in [9.17, 15) is 0 Å². The Kier molecular flexibility index (Phi) is 3.75. The molecule has 4 rings (SSSR count). The summed E-state index contributed by atoms with van der Waals surface area (Å²) in [5.74, 6) is 1.80. The summed E-state index contributed by atoms with van der Waals surface area (Å²) >= 11 is 0. The first-order valence-corrected chi connectivity index (χ1v) is 7.99. The van der Waals surface area contributed by atoms with Crippen LogP contribution in [0.4, 0.5) is 0 Å². The molecule has 0 atom stereocenters. The topological polar surface area (TPSA) is 27.1 Å². The zero-order chi connectivity index (χ0) is 16.4. The number of hydrogen-bond donors (Lipinski definition) is 0. The molecule has 0 radical (unpaired) electrons. The molecular weight excluding hydrogens is 296 g/mol. The lowest BCUT2D eigenvalue weighted by Gasteiger charge is -2.10. The molecule has 1 aromatic heterocycles. The highest BCUT2D eigenvalue weighted by atomic mass is 16.5. The van der Waals surface area contributed by atoms with E-state index in [0.29, 0.717) is 0 Å². The normalized spacial score (nSPS) is 10.9. The van der Waals surface area contributed by atoms with Gasteiger partial charge in [-0.3, -0.25) is 0 Å². The molecule has 0 amide bonds. The summed E-state index contributed by atoms with van der Waals surface area (Å²) in [6.07, 6.45) is 0. The maximum atomic E-state index is 5.35. The number of nitrogens with zero attached hydrogens (tertiary/aromatic N) is 2. The highest BCUT2D eigenvalue weighted by molar-refractivity contribution is 5.82. The molecule has 4 aromatic rings. The van der Waals surface area contributed by atoms with Crippen molar-refractivity contribution in [3.8, 4) is 17.1 Å². The molecule has 118 valence electrons. The van der Waals surface area contributed by atoms with Gasteiger partial charge in [-0.05, 0) is 17.7 Å². The average Bonchev–Trinajstić information content (AvgIpc) is 3.01. The molecule has 0 aliphatic rings.